The van der Waals surface area contributed by atoms with Gasteiger partial charge in [-0.25, -0.2) is 4.79 Å². The van der Waals surface area contributed by atoms with Gasteiger partial charge in [0.25, 0.3) is 0 Å². The molecule has 1 amide bonds. The maximum absolute atomic E-state index is 13.1. The van der Waals surface area contributed by atoms with E-state index in [1.165, 1.54) is 13.2 Å². The lowest BCUT2D eigenvalue weighted by molar-refractivity contribution is -0.124. The Morgan fingerprint density at radius 3 is 2.03 bits per heavy atom. The summed E-state index contributed by atoms with van der Waals surface area (Å²) in [6.45, 7) is 0. The number of primary amides is 1. The van der Waals surface area contributed by atoms with Crippen LogP contribution >= 0.6 is 0 Å². The summed E-state index contributed by atoms with van der Waals surface area (Å²) in [5, 5.41) is 10.7. The molecule has 4 rings (SSSR count). The number of hydrogen-bond acceptors (Lipinski definition) is 5. The molecule has 0 unspecified atom stereocenters. The van der Waals surface area contributed by atoms with Gasteiger partial charge in [0.05, 0.1) is 7.11 Å². The average Bonchev–Trinajstić information content (AvgIpc) is 2.79. The van der Waals surface area contributed by atoms with Gasteiger partial charge in [0, 0.05) is 6.07 Å². The van der Waals surface area contributed by atoms with E-state index < -0.39 is 16.9 Å². The highest BCUT2D eigenvalue weighted by Gasteiger charge is 2.42. The Hall–Kier alpha value is -4.06. The highest BCUT2D eigenvalue weighted by molar-refractivity contribution is 5.91. The van der Waals surface area contributed by atoms with E-state index in [-0.39, 0.29) is 29.7 Å². The number of nitrogens with two attached hydrogens (primary N) is 1. The molecule has 0 bridgehead atoms. The second-order valence-corrected chi connectivity index (χ2v) is 7.78. The molecule has 3 N–H and O–H groups in total. The number of ether oxygens (including phenoxy) is 1. The molecular weight excluding hydrogens is 406 g/mol. The van der Waals surface area contributed by atoms with Crippen LogP contribution in [0.3, 0.4) is 0 Å². The number of carbonyl (C=O) groups is 1. The minimum absolute atomic E-state index is 0.0207. The quantitative estimate of drug-likeness (QED) is 0.466. The van der Waals surface area contributed by atoms with Crippen molar-refractivity contribution in [3.05, 3.63) is 106 Å². The van der Waals surface area contributed by atoms with Crippen molar-refractivity contribution in [2.24, 2.45) is 5.73 Å². The largest absolute Gasteiger partial charge is 0.507 e. The van der Waals surface area contributed by atoms with Crippen LogP contribution in [0.2, 0.25) is 0 Å². The van der Waals surface area contributed by atoms with Crippen LogP contribution in [0.15, 0.2) is 88.1 Å². The van der Waals surface area contributed by atoms with Crippen LogP contribution in [0.1, 0.15) is 16.9 Å². The van der Waals surface area contributed by atoms with E-state index in [4.69, 9.17) is 14.9 Å². The predicted octanol–water partition coefficient (Wildman–Crippen LogP) is 3.72. The van der Waals surface area contributed by atoms with Crippen LogP contribution in [-0.2, 0) is 23.1 Å². The van der Waals surface area contributed by atoms with E-state index in [1.54, 1.807) is 12.1 Å². The second kappa shape index (κ2) is 8.59. The van der Waals surface area contributed by atoms with Crippen LogP contribution in [0.5, 0.6) is 11.5 Å². The van der Waals surface area contributed by atoms with Gasteiger partial charge >= 0.3 is 5.63 Å². The Balaban J connectivity index is 1.97. The molecular formula is C26H23NO5. The molecule has 162 valence electrons. The molecule has 1 heterocycles. The molecule has 32 heavy (non-hydrogen) atoms. The zero-order valence-corrected chi connectivity index (χ0v) is 17.6. The number of fused-ring (bicyclic) bond motifs is 1. The fourth-order valence-corrected chi connectivity index (χ4v) is 4.05. The van der Waals surface area contributed by atoms with Gasteiger partial charge in [-0.2, -0.15) is 0 Å². The molecule has 0 saturated heterocycles. The molecule has 6 nitrogen and oxygen atoms in total. The van der Waals surface area contributed by atoms with E-state index >= 15 is 0 Å². The molecule has 0 aliphatic rings. The van der Waals surface area contributed by atoms with Crippen LogP contribution in [0.25, 0.3) is 10.8 Å². The number of amides is 1. The van der Waals surface area contributed by atoms with Crippen LogP contribution in [0, 0.1) is 0 Å². The van der Waals surface area contributed by atoms with Crippen molar-refractivity contribution in [2.75, 3.05) is 7.11 Å². The number of phenols is 1. The number of carbonyl (C=O) groups excluding carboxylic acids is 1. The lowest BCUT2D eigenvalue weighted by Gasteiger charge is -2.30. The van der Waals surface area contributed by atoms with Crippen LogP contribution in [0.4, 0.5) is 0 Å². The Bertz CT molecular complexity index is 1270. The van der Waals surface area contributed by atoms with Crippen molar-refractivity contribution in [1.29, 1.82) is 0 Å². The van der Waals surface area contributed by atoms with Gasteiger partial charge in [-0.15, -0.1) is 0 Å². The van der Waals surface area contributed by atoms with Gasteiger partial charge in [0.15, 0.2) is 0 Å². The number of benzene rings is 3. The molecule has 0 fully saturated rings. The first-order chi connectivity index (χ1) is 15.4. The third-order valence-electron chi connectivity index (χ3n) is 5.69. The lowest BCUT2D eigenvalue weighted by Crippen LogP contribution is -2.45. The monoisotopic (exact) mass is 429 g/mol. The summed E-state index contributed by atoms with van der Waals surface area (Å²) in [6, 6.07) is 23.4. The van der Waals surface area contributed by atoms with E-state index in [0.29, 0.717) is 11.1 Å². The molecule has 3 aromatic carbocycles. The number of phenolic OH excluding ortho intramolecular Hbond substituents is 1. The fraction of sp³-hybridized carbons (Fsp3) is 0.154. The van der Waals surface area contributed by atoms with Crippen molar-refractivity contribution < 1.29 is 19.1 Å². The number of rotatable bonds is 7. The summed E-state index contributed by atoms with van der Waals surface area (Å²) in [5.41, 5.74) is 5.68. The summed E-state index contributed by atoms with van der Waals surface area (Å²) in [6.07, 6.45) is 0.477. The number of hydrogen-bond donors (Lipinski definition) is 2. The van der Waals surface area contributed by atoms with Gasteiger partial charge < -0.3 is 20.0 Å². The molecule has 0 aliphatic carbocycles. The van der Waals surface area contributed by atoms with Crippen LogP contribution in [-0.4, -0.2) is 18.1 Å². The Morgan fingerprint density at radius 1 is 0.969 bits per heavy atom. The Morgan fingerprint density at radius 2 is 1.53 bits per heavy atom. The molecule has 6 heteroatoms. The first kappa shape index (κ1) is 21.2. The number of aromatic hydroxyl groups is 1. The zero-order valence-electron chi connectivity index (χ0n) is 17.6. The van der Waals surface area contributed by atoms with Gasteiger partial charge in [-0.3, -0.25) is 4.79 Å². The second-order valence-electron chi connectivity index (χ2n) is 7.78. The molecule has 0 saturated carbocycles. The SMILES string of the molecule is COc1cc(O)c2c(=O)oc(C(Cc3ccccc3)(Cc3ccccc3)C(N)=O)cc2c1. The Kier molecular flexibility index (Phi) is 5.69. The zero-order chi connectivity index (χ0) is 22.7. The van der Waals surface area contributed by atoms with Gasteiger partial charge in [0.1, 0.15) is 28.1 Å². The van der Waals surface area contributed by atoms with Crippen LogP contribution < -0.4 is 16.1 Å². The molecule has 4 aromatic rings. The highest BCUT2D eigenvalue weighted by atomic mass is 16.5. The van der Waals surface area contributed by atoms with Crippen molar-refractivity contribution in [2.45, 2.75) is 18.3 Å². The van der Waals surface area contributed by atoms with Gasteiger partial charge in [-0.1, -0.05) is 60.7 Å². The standard InChI is InChI=1S/C26H23NO5/c1-31-20-12-19-13-22(32-24(29)23(19)21(28)14-20)26(25(27)30,15-17-8-4-2-5-9-17)16-18-10-6-3-7-11-18/h2-14,28H,15-16H2,1H3,(H2,27,30). The van der Waals surface area contributed by atoms with Crippen molar-refractivity contribution in [3.8, 4) is 11.5 Å². The van der Waals surface area contributed by atoms with Crippen molar-refractivity contribution in [3.63, 3.8) is 0 Å². The normalized spacial score (nSPS) is 11.4. The maximum Gasteiger partial charge on any atom is 0.347 e. The number of methoxy groups -OCH3 is 1. The molecule has 0 aliphatic heterocycles. The minimum atomic E-state index is -1.32. The van der Waals surface area contributed by atoms with Gasteiger partial charge in [-0.05, 0) is 41.5 Å². The van der Waals surface area contributed by atoms with E-state index in [2.05, 4.69) is 0 Å². The first-order valence-corrected chi connectivity index (χ1v) is 10.2. The average molecular weight is 429 g/mol. The van der Waals surface area contributed by atoms with E-state index in [9.17, 15) is 14.7 Å². The maximum atomic E-state index is 13.1. The third kappa shape index (κ3) is 3.95. The summed E-state index contributed by atoms with van der Waals surface area (Å²) in [4.78, 5) is 25.9. The smallest absolute Gasteiger partial charge is 0.347 e. The van der Waals surface area contributed by atoms with Crippen molar-refractivity contribution >= 4 is 16.7 Å². The molecule has 1 aromatic heterocycles. The van der Waals surface area contributed by atoms with Crippen molar-refractivity contribution in [1.82, 2.24) is 0 Å². The lowest BCUT2D eigenvalue weighted by atomic mass is 9.73. The summed E-state index contributed by atoms with van der Waals surface area (Å²) in [7, 11) is 1.46. The third-order valence-corrected chi connectivity index (χ3v) is 5.69. The van der Waals surface area contributed by atoms with E-state index in [0.717, 1.165) is 11.1 Å². The fourth-order valence-electron chi connectivity index (χ4n) is 4.05. The first-order valence-electron chi connectivity index (χ1n) is 10.2. The summed E-state index contributed by atoms with van der Waals surface area (Å²) >= 11 is 0. The highest BCUT2D eigenvalue weighted by Crippen LogP contribution is 2.36. The van der Waals surface area contributed by atoms with Gasteiger partial charge in [0.2, 0.25) is 5.91 Å². The summed E-state index contributed by atoms with van der Waals surface area (Å²) < 4.78 is 10.9. The predicted molar refractivity (Wildman–Crippen MR) is 122 cm³/mol. The Labute approximate surface area is 184 Å². The topological polar surface area (TPSA) is 103 Å². The molecule has 0 spiro atoms. The van der Waals surface area contributed by atoms with E-state index in [1.807, 2.05) is 60.7 Å². The summed E-state index contributed by atoms with van der Waals surface area (Å²) in [5.74, 6) is -0.347. The molecule has 0 radical (unpaired) electrons. The molecule has 0 atom stereocenters. The minimum Gasteiger partial charge on any atom is -0.507 e.